The zero-order chi connectivity index (χ0) is 21.2. The van der Waals surface area contributed by atoms with Crippen LogP contribution in [-0.4, -0.2) is 67.2 Å². The number of ether oxygens (including phenoxy) is 1. The monoisotopic (exact) mass is 376 g/mol. The van der Waals surface area contributed by atoms with Crippen LogP contribution in [0.2, 0.25) is 5.11 Å². The predicted octanol–water partition coefficient (Wildman–Crippen LogP) is -0.0163. The van der Waals surface area contributed by atoms with Crippen molar-refractivity contribution in [1.82, 2.24) is 10.3 Å². The molecule has 1 fully saturated rings. The van der Waals surface area contributed by atoms with E-state index in [0.29, 0.717) is 5.56 Å². The molecule has 2 N–H and O–H groups in total. The topological polar surface area (TPSA) is 71.5 Å². The van der Waals surface area contributed by atoms with Gasteiger partial charge >= 0.3 is 0 Å². The first-order chi connectivity index (χ1) is 13.6. The lowest BCUT2D eigenvalue weighted by Crippen LogP contribution is -2.51. The number of aliphatic hydroxyl groups excluding tert-OH is 1. The van der Waals surface area contributed by atoms with E-state index in [-0.39, 0.29) is 30.2 Å². The van der Waals surface area contributed by atoms with Crippen LogP contribution in [0.1, 0.15) is 29.5 Å². The van der Waals surface area contributed by atoms with E-state index in [9.17, 15) is 9.90 Å². The van der Waals surface area contributed by atoms with Crippen molar-refractivity contribution < 1.29 is 14.6 Å². The van der Waals surface area contributed by atoms with Crippen LogP contribution in [0.5, 0.6) is 5.88 Å². The van der Waals surface area contributed by atoms with Crippen molar-refractivity contribution >= 4 is 45.1 Å². The lowest BCUT2D eigenvalue weighted by atomic mass is 9.28. The first-order valence-electron chi connectivity index (χ1n) is 9.18. The second-order valence-electron chi connectivity index (χ2n) is 7.36. The number of pyridine rings is 1. The van der Waals surface area contributed by atoms with Crippen LogP contribution in [0.4, 0.5) is 0 Å². The molecule has 136 valence electrons. The summed E-state index contributed by atoms with van der Waals surface area (Å²) in [5.74, 6) is 0.0267. The summed E-state index contributed by atoms with van der Waals surface area (Å²) in [5, 5.41) is 8.53. The van der Waals surface area contributed by atoms with Crippen LogP contribution < -0.4 is 10.1 Å². The summed E-state index contributed by atoms with van der Waals surface area (Å²) in [7, 11) is 27.7. The van der Waals surface area contributed by atoms with Crippen LogP contribution in [0.25, 0.3) is 0 Å². The Morgan fingerprint density at radius 1 is 1.17 bits per heavy atom. The lowest BCUT2D eigenvalue weighted by molar-refractivity contribution is -0.123. The van der Waals surface area contributed by atoms with Gasteiger partial charge in [0.15, 0.2) is 0 Å². The van der Waals surface area contributed by atoms with Gasteiger partial charge in [0.2, 0.25) is 11.8 Å². The molecule has 0 spiro atoms. The number of aliphatic hydroxyl groups is 1. The highest BCUT2D eigenvalue weighted by atomic mass is 16.5. The third kappa shape index (κ3) is 5.10. The Kier molecular flexibility index (Phi) is 6.23. The standard InChI is InChI=1S/C19H17B5N2O3/c20-18(21,22)19(23,24)29-16-7-6-12(9-25-16)15(10-27)26-17(28)14-8-13(14)11-4-2-1-3-5-11/h1-7,9,13-15,27H,8,10H2,(H,26,28)/t13-,14+,15+/m1/s1. The maximum absolute atomic E-state index is 12.6. The fraction of sp³-hybridized carbons (Fsp3) is 0.368. The van der Waals surface area contributed by atoms with Crippen molar-refractivity contribution in [2.24, 2.45) is 5.92 Å². The molecule has 5 nitrogen and oxygen atoms in total. The molecule has 29 heavy (non-hydrogen) atoms. The predicted molar refractivity (Wildman–Crippen MR) is 114 cm³/mol. The summed E-state index contributed by atoms with van der Waals surface area (Å²) in [4.78, 5) is 16.6. The Balaban J connectivity index is 1.61. The van der Waals surface area contributed by atoms with Crippen LogP contribution in [-0.2, 0) is 4.79 Å². The number of hydrogen-bond donors (Lipinski definition) is 2. The molecule has 0 saturated heterocycles. The number of nitrogens with zero attached hydrogens (tertiary/aromatic N) is 1. The maximum Gasteiger partial charge on any atom is 0.224 e. The van der Waals surface area contributed by atoms with E-state index in [2.05, 4.69) is 10.3 Å². The molecule has 1 heterocycles. The molecule has 3 rings (SSSR count). The van der Waals surface area contributed by atoms with Gasteiger partial charge in [0.05, 0.1) is 36.2 Å². The Morgan fingerprint density at radius 3 is 2.41 bits per heavy atom. The molecule has 0 aliphatic heterocycles. The average Bonchev–Trinajstić information content (AvgIpc) is 3.47. The molecule has 1 aromatic heterocycles. The van der Waals surface area contributed by atoms with E-state index in [1.54, 1.807) is 6.07 Å². The van der Waals surface area contributed by atoms with E-state index in [4.69, 9.17) is 44.0 Å². The highest BCUT2D eigenvalue weighted by molar-refractivity contribution is 6.66. The van der Waals surface area contributed by atoms with Crippen molar-refractivity contribution in [2.75, 3.05) is 6.61 Å². The van der Waals surface area contributed by atoms with Crippen LogP contribution in [0.3, 0.4) is 0 Å². The smallest absolute Gasteiger partial charge is 0.224 e. The summed E-state index contributed by atoms with van der Waals surface area (Å²) >= 11 is 0. The molecule has 10 heteroatoms. The van der Waals surface area contributed by atoms with Crippen LogP contribution in [0, 0.1) is 5.92 Å². The largest absolute Gasteiger partial charge is 0.493 e. The van der Waals surface area contributed by atoms with Crippen molar-refractivity contribution in [1.29, 1.82) is 0 Å². The lowest BCUT2D eigenvalue weighted by Gasteiger charge is -2.41. The molecule has 1 aliphatic carbocycles. The second kappa shape index (κ2) is 8.35. The SMILES string of the molecule is [B]C([B])([B])C([B])([B])Oc1ccc([C@H](CO)NC(=O)[C@H]2C[C@@H]2c2ccccc2)cn1. The van der Waals surface area contributed by atoms with Gasteiger partial charge in [-0.15, -0.1) is 5.11 Å². The Hall–Kier alpha value is -2.08. The van der Waals surface area contributed by atoms with Gasteiger partial charge in [-0.05, 0) is 29.5 Å². The Morgan fingerprint density at radius 2 is 1.86 bits per heavy atom. The highest BCUT2D eigenvalue weighted by Gasteiger charge is 2.44. The zero-order valence-corrected chi connectivity index (χ0v) is 15.9. The summed E-state index contributed by atoms with van der Waals surface area (Å²) in [5.41, 5.74) is 1.73. The van der Waals surface area contributed by atoms with Crippen LogP contribution in [0.15, 0.2) is 48.7 Å². The minimum atomic E-state index is -2.05. The molecule has 1 amide bonds. The van der Waals surface area contributed by atoms with Gasteiger partial charge in [-0.3, -0.25) is 4.79 Å². The van der Waals surface area contributed by atoms with Crippen molar-refractivity contribution in [3.8, 4) is 5.88 Å². The maximum atomic E-state index is 12.6. The van der Waals surface area contributed by atoms with Gasteiger partial charge in [-0.1, -0.05) is 30.3 Å². The van der Waals surface area contributed by atoms with Gasteiger partial charge in [-0.2, -0.15) is 0 Å². The third-order valence-electron chi connectivity index (χ3n) is 4.97. The summed E-state index contributed by atoms with van der Waals surface area (Å²) < 4.78 is 5.25. The minimum absolute atomic E-state index is 0.0406. The van der Waals surface area contributed by atoms with E-state index in [1.807, 2.05) is 30.3 Å². The molecule has 0 unspecified atom stereocenters. The molecule has 1 saturated carbocycles. The fourth-order valence-electron chi connectivity index (χ4n) is 2.99. The molecular formula is C19H17B5N2O3. The first-order valence-corrected chi connectivity index (χ1v) is 9.18. The number of carbonyl (C=O) groups excluding carboxylic acids is 1. The van der Waals surface area contributed by atoms with Crippen molar-refractivity contribution in [2.45, 2.75) is 28.9 Å². The molecule has 0 bridgehead atoms. The number of aromatic nitrogens is 1. The number of amides is 1. The molecular weight excluding hydrogens is 358 g/mol. The number of hydrogen-bond acceptors (Lipinski definition) is 4. The summed E-state index contributed by atoms with van der Waals surface area (Å²) in [6.45, 7) is -0.286. The minimum Gasteiger partial charge on any atom is -0.493 e. The van der Waals surface area contributed by atoms with E-state index < -0.39 is 16.6 Å². The number of nitrogens with one attached hydrogen (secondary N) is 1. The number of carbonyl (C=O) groups is 1. The highest BCUT2D eigenvalue weighted by Crippen LogP contribution is 2.47. The zero-order valence-electron chi connectivity index (χ0n) is 15.9. The number of benzene rings is 1. The summed E-state index contributed by atoms with van der Waals surface area (Å²) in [6, 6.07) is 12.3. The van der Waals surface area contributed by atoms with Gasteiger partial charge in [-0.25, -0.2) is 4.98 Å². The normalized spacial score (nSPS) is 19.9. The molecule has 3 atom stereocenters. The van der Waals surface area contributed by atoms with Crippen molar-refractivity contribution in [3.05, 3.63) is 59.8 Å². The number of rotatable bonds is 8. The van der Waals surface area contributed by atoms with E-state index in [1.165, 1.54) is 12.3 Å². The Bertz CT molecular complexity index is 843. The van der Waals surface area contributed by atoms with Gasteiger partial charge in [0.25, 0.3) is 0 Å². The Labute approximate surface area is 177 Å². The van der Waals surface area contributed by atoms with Gasteiger partial charge in [0, 0.05) is 23.6 Å². The van der Waals surface area contributed by atoms with E-state index in [0.717, 1.165) is 12.0 Å². The quantitative estimate of drug-likeness (QED) is 0.637. The van der Waals surface area contributed by atoms with Crippen LogP contribution >= 0.6 is 0 Å². The first kappa shape index (κ1) is 21.6. The van der Waals surface area contributed by atoms with Gasteiger partial charge in [0.1, 0.15) is 15.7 Å². The summed E-state index contributed by atoms with van der Waals surface area (Å²) in [6.07, 6.45) is 2.21. The second-order valence-corrected chi connectivity index (χ2v) is 7.36. The molecule has 1 aliphatic rings. The fourth-order valence-corrected chi connectivity index (χ4v) is 2.99. The third-order valence-corrected chi connectivity index (χ3v) is 4.97. The van der Waals surface area contributed by atoms with Gasteiger partial charge < -0.3 is 15.2 Å². The van der Waals surface area contributed by atoms with E-state index >= 15 is 0 Å². The molecule has 1 aromatic carbocycles. The molecule has 2 aromatic rings. The average molecular weight is 375 g/mol. The van der Waals surface area contributed by atoms with Crippen molar-refractivity contribution in [3.63, 3.8) is 0 Å². The molecule has 10 radical (unpaired) electrons.